The fraction of sp³-hybridized carbons (Fsp3) is 0.804. The second kappa shape index (κ2) is 41.4. The van der Waals surface area contributed by atoms with Crippen LogP contribution in [0.5, 0.6) is 0 Å². The van der Waals surface area contributed by atoms with Crippen LogP contribution in [-0.2, 0) is 37.5 Å². The number of carboxylic acids is 1. The van der Waals surface area contributed by atoms with Crippen LogP contribution in [-0.4, -0.2) is 59.9 Å². The van der Waals surface area contributed by atoms with Crippen LogP contribution in [0.25, 0.3) is 0 Å². The van der Waals surface area contributed by atoms with Gasteiger partial charge in [-0.2, -0.15) is 0 Å². The Morgan fingerprint density at radius 3 is 1.43 bits per heavy atom. The van der Waals surface area contributed by atoms with Crippen LogP contribution < -0.4 is 5.73 Å². The SMILES string of the molecule is CCCCCC/C=C/CCCCCCCCCCCC(=O)O[C@H](COC(=O)CCC/C=C/C/C=C/CCCCCCCCCCC)COP(=O)(O)OC[C@H](N)C(=O)O. The van der Waals surface area contributed by atoms with E-state index in [2.05, 4.69) is 48.8 Å². The molecule has 12 heteroatoms. The minimum atomic E-state index is -4.73. The number of hydrogen-bond acceptors (Lipinski definition) is 9. The van der Waals surface area contributed by atoms with E-state index in [1.165, 1.54) is 128 Å². The summed E-state index contributed by atoms with van der Waals surface area (Å²) in [5.41, 5.74) is 5.34. The molecule has 0 aliphatic rings. The quantitative estimate of drug-likeness (QED) is 0.0231. The maximum atomic E-state index is 12.6. The highest BCUT2D eigenvalue weighted by Crippen LogP contribution is 2.43. The van der Waals surface area contributed by atoms with Crippen molar-refractivity contribution in [2.75, 3.05) is 19.8 Å². The third-order valence-electron chi connectivity index (χ3n) is 9.86. The van der Waals surface area contributed by atoms with Crippen LogP contribution in [0.1, 0.15) is 206 Å². The number of esters is 2. The Kier molecular flexibility index (Phi) is 39.8. The van der Waals surface area contributed by atoms with E-state index in [-0.39, 0.29) is 19.4 Å². The molecule has 0 fully saturated rings. The molecule has 0 aromatic carbocycles. The lowest BCUT2D eigenvalue weighted by atomic mass is 10.1. The number of unbranched alkanes of at least 4 members (excludes halogenated alkanes) is 23. The van der Waals surface area contributed by atoms with Crippen LogP contribution in [0, 0.1) is 0 Å². The molecule has 0 saturated heterocycles. The highest BCUT2D eigenvalue weighted by atomic mass is 31.2. The van der Waals surface area contributed by atoms with Gasteiger partial charge in [0.2, 0.25) is 0 Å². The van der Waals surface area contributed by atoms with Gasteiger partial charge in [-0.05, 0) is 64.2 Å². The average Bonchev–Trinajstić information content (AvgIpc) is 3.20. The lowest BCUT2D eigenvalue weighted by molar-refractivity contribution is -0.161. The Bertz CT molecular complexity index is 1130. The largest absolute Gasteiger partial charge is 0.480 e. The molecule has 0 spiro atoms. The Balaban J connectivity index is 4.38. The molecule has 0 radical (unpaired) electrons. The van der Waals surface area contributed by atoms with E-state index in [0.717, 1.165) is 32.1 Å². The number of allylic oxidation sites excluding steroid dienone is 6. The second-order valence-electron chi connectivity index (χ2n) is 15.5. The molecule has 4 N–H and O–H groups in total. The summed E-state index contributed by atoms with van der Waals surface area (Å²) < 4.78 is 32.7. The Hall–Kier alpha value is -2.30. The van der Waals surface area contributed by atoms with Crippen LogP contribution in [0.15, 0.2) is 36.5 Å². The molecule has 338 valence electrons. The monoisotopic (exact) mass is 842 g/mol. The van der Waals surface area contributed by atoms with E-state index in [4.69, 9.17) is 24.8 Å². The van der Waals surface area contributed by atoms with Gasteiger partial charge in [-0.15, -0.1) is 0 Å². The van der Waals surface area contributed by atoms with Gasteiger partial charge in [0.15, 0.2) is 6.10 Å². The van der Waals surface area contributed by atoms with Crippen molar-refractivity contribution < 1.29 is 47.5 Å². The first-order valence-corrected chi connectivity index (χ1v) is 24.5. The minimum absolute atomic E-state index is 0.151. The van der Waals surface area contributed by atoms with Crippen LogP contribution in [0.4, 0.5) is 0 Å². The third kappa shape index (κ3) is 40.5. The first kappa shape index (κ1) is 55.7. The van der Waals surface area contributed by atoms with Crippen molar-refractivity contribution in [1.82, 2.24) is 0 Å². The van der Waals surface area contributed by atoms with Crippen LogP contribution in [0.3, 0.4) is 0 Å². The summed E-state index contributed by atoms with van der Waals surface area (Å²) >= 11 is 0. The summed E-state index contributed by atoms with van der Waals surface area (Å²) in [6.07, 6.45) is 45.0. The minimum Gasteiger partial charge on any atom is -0.480 e. The molecule has 11 nitrogen and oxygen atoms in total. The van der Waals surface area contributed by atoms with Crippen molar-refractivity contribution in [2.45, 2.75) is 219 Å². The zero-order chi connectivity index (χ0) is 42.8. The smallest absolute Gasteiger partial charge is 0.472 e. The van der Waals surface area contributed by atoms with Crippen LogP contribution >= 0.6 is 7.82 Å². The third-order valence-corrected chi connectivity index (χ3v) is 10.8. The molecule has 0 aromatic heterocycles. The predicted octanol–water partition coefficient (Wildman–Crippen LogP) is 12.4. The van der Waals surface area contributed by atoms with Gasteiger partial charge >= 0.3 is 25.7 Å². The number of aliphatic carboxylic acids is 1. The number of ether oxygens (including phenoxy) is 2. The molecule has 0 aliphatic heterocycles. The van der Waals surface area contributed by atoms with Gasteiger partial charge < -0.3 is 25.2 Å². The topological polar surface area (TPSA) is 172 Å². The molecule has 0 heterocycles. The summed E-state index contributed by atoms with van der Waals surface area (Å²) in [6.45, 7) is 2.76. The number of carbonyl (C=O) groups is 3. The van der Waals surface area contributed by atoms with Crippen LogP contribution in [0.2, 0.25) is 0 Å². The zero-order valence-electron chi connectivity index (χ0n) is 36.6. The standard InChI is InChI=1S/C46H84NO10P/c1-3-5-7-9-11-13-15-17-19-21-23-25-27-29-31-33-35-37-44(48)54-39-42(40-55-58(52,53)56-41-43(47)46(50)51)57-45(49)38-36-34-32-30-28-26-24-22-20-18-16-14-12-10-8-6-4-2/h14,16,23,25,29,31,42-43H,3-13,15,17-22,24,26-28,30,32-41,47H2,1-2H3,(H,50,51)(H,52,53)/b16-14+,25-23+,31-29+/t42-,43+/m1/s1. The molecule has 3 atom stereocenters. The Morgan fingerprint density at radius 1 is 0.534 bits per heavy atom. The van der Waals surface area contributed by atoms with E-state index < -0.39 is 51.1 Å². The summed E-state index contributed by atoms with van der Waals surface area (Å²) in [6, 6.07) is -1.53. The highest BCUT2D eigenvalue weighted by molar-refractivity contribution is 7.47. The van der Waals surface area contributed by atoms with Gasteiger partial charge in [0.05, 0.1) is 13.2 Å². The zero-order valence-corrected chi connectivity index (χ0v) is 37.5. The molecular formula is C46H84NO10P. The first-order chi connectivity index (χ1) is 28.1. The number of phosphoric acid groups is 1. The van der Waals surface area contributed by atoms with Crippen molar-refractivity contribution >= 4 is 25.7 Å². The average molecular weight is 842 g/mol. The van der Waals surface area contributed by atoms with Crippen molar-refractivity contribution in [3.63, 3.8) is 0 Å². The molecular weight excluding hydrogens is 757 g/mol. The summed E-state index contributed by atoms with van der Waals surface area (Å²) in [4.78, 5) is 46.0. The number of nitrogens with two attached hydrogens (primary N) is 1. The van der Waals surface area contributed by atoms with E-state index in [1.807, 2.05) is 6.08 Å². The van der Waals surface area contributed by atoms with E-state index >= 15 is 0 Å². The predicted molar refractivity (Wildman–Crippen MR) is 235 cm³/mol. The summed E-state index contributed by atoms with van der Waals surface area (Å²) in [5, 5.41) is 8.89. The Morgan fingerprint density at radius 2 is 0.931 bits per heavy atom. The van der Waals surface area contributed by atoms with E-state index in [0.29, 0.717) is 19.3 Å². The normalized spacial score (nSPS) is 14.0. The van der Waals surface area contributed by atoms with Crippen molar-refractivity contribution in [2.24, 2.45) is 5.73 Å². The molecule has 0 bridgehead atoms. The molecule has 0 saturated carbocycles. The number of rotatable bonds is 43. The maximum Gasteiger partial charge on any atom is 0.472 e. The van der Waals surface area contributed by atoms with Gasteiger partial charge in [0.25, 0.3) is 0 Å². The fourth-order valence-electron chi connectivity index (χ4n) is 6.22. The molecule has 58 heavy (non-hydrogen) atoms. The number of carboxylic acid groups (broad SMARTS) is 1. The molecule has 1 unspecified atom stereocenters. The van der Waals surface area contributed by atoms with Gasteiger partial charge in [0, 0.05) is 12.8 Å². The van der Waals surface area contributed by atoms with Crippen molar-refractivity contribution in [1.29, 1.82) is 0 Å². The highest BCUT2D eigenvalue weighted by Gasteiger charge is 2.28. The molecule has 0 aliphatic carbocycles. The maximum absolute atomic E-state index is 12.6. The molecule has 0 rings (SSSR count). The summed E-state index contributed by atoms with van der Waals surface area (Å²) in [7, 11) is -4.73. The number of hydrogen-bond donors (Lipinski definition) is 3. The summed E-state index contributed by atoms with van der Waals surface area (Å²) in [5.74, 6) is -2.43. The van der Waals surface area contributed by atoms with E-state index in [9.17, 15) is 23.8 Å². The van der Waals surface area contributed by atoms with Gasteiger partial charge in [-0.1, -0.05) is 166 Å². The molecule has 0 amide bonds. The number of carbonyl (C=O) groups excluding carboxylic acids is 2. The lowest BCUT2D eigenvalue weighted by Crippen LogP contribution is -2.34. The molecule has 0 aromatic rings. The van der Waals surface area contributed by atoms with Gasteiger partial charge in [-0.25, -0.2) is 4.57 Å². The first-order valence-electron chi connectivity index (χ1n) is 23.0. The number of phosphoric ester groups is 1. The van der Waals surface area contributed by atoms with Crippen molar-refractivity contribution in [3.05, 3.63) is 36.5 Å². The van der Waals surface area contributed by atoms with E-state index in [1.54, 1.807) is 0 Å². The van der Waals surface area contributed by atoms with Gasteiger partial charge in [0.1, 0.15) is 12.6 Å². The lowest BCUT2D eigenvalue weighted by Gasteiger charge is -2.20. The van der Waals surface area contributed by atoms with Gasteiger partial charge in [-0.3, -0.25) is 23.4 Å². The van der Waals surface area contributed by atoms with Crippen molar-refractivity contribution in [3.8, 4) is 0 Å². The Labute approximate surface area is 353 Å². The second-order valence-corrected chi connectivity index (χ2v) is 17.0. The fourth-order valence-corrected chi connectivity index (χ4v) is 7.00.